The monoisotopic (exact) mass is 576 g/mol. The summed E-state index contributed by atoms with van der Waals surface area (Å²) >= 11 is 0. The van der Waals surface area contributed by atoms with Crippen LogP contribution in [0.15, 0.2) is 54.6 Å². The van der Waals surface area contributed by atoms with Crippen LogP contribution in [-0.2, 0) is 16.0 Å². The van der Waals surface area contributed by atoms with E-state index in [1.54, 1.807) is 12.1 Å². The minimum Gasteiger partial charge on any atom is -0.378 e. The van der Waals surface area contributed by atoms with Crippen molar-refractivity contribution in [2.24, 2.45) is 17.6 Å². The van der Waals surface area contributed by atoms with Gasteiger partial charge in [0.2, 0.25) is 17.8 Å². The zero-order valence-electron chi connectivity index (χ0n) is 24.5. The van der Waals surface area contributed by atoms with E-state index in [2.05, 4.69) is 55.3 Å². The van der Waals surface area contributed by atoms with Crippen LogP contribution in [0.3, 0.4) is 0 Å². The molecule has 0 saturated heterocycles. The Kier molecular flexibility index (Phi) is 12.8. The van der Waals surface area contributed by atoms with Gasteiger partial charge in [-0.15, -0.1) is 0 Å². The van der Waals surface area contributed by atoms with E-state index < -0.39 is 0 Å². The Balaban J connectivity index is 1.32. The predicted octanol–water partition coefficient (Wildman–Crippen LogP) is 4.19. The first-order chi connectivity index (χ1) is 20.6. The summed E-state index contributed by atoms with van der Waals surface area (Å²) in [7, 11) is 0. The summed E-state index contributed by atoms with van der Waals surface area (Å²) < 4.78 is 10.7. The maximum Gasteiger partial charge on any atom is 0.251 e. The molecule has 0 atom stereocenters. The first-order valence-corrected chi connectivity index (χ1v) is 14.9. The van der Waals surface area contributed by atoms with Gasteiger partial charge in [-0.25, -0.2) is 0 Å². The molecule has 11 nitrogen and oxygen atoms in total. The van der Waals surface area contributed by atoms with Crippen molar-refractivity contribution in [3.63, 3.8) is 0 Å². The second kappa shape index (κ2) is 17.2. The van der Waals surface area contributed by atoms with Gasteiger partial charge in [0.1, 0.15) is 0 Å². The van der Waals surface area contributed by atoms with Gasteiger partial charge in [-0.2, -0.15) is 15.0 Å². The van der Waals surface area contributed by atoms with E-state index in [4.69, 9.17) is 15.2 Å². The van der Waals surface area contributed by atoms with E-state index in [1.807, 2.05) is 30.3 Å². The Morgan fingerprint density at radius 3 is 2.21 bits per heavy atom. The standard InChI is InChI=1S/C31H44N8O3/c1-23-7-9-25(10-8-23)22-35-30-37-29(34-21-24-5-3-2-4-6-24)38-31(39-30)36-27-13-11-26(12-14-27)28(40)33-16-18-42-20-19-41-17-15-32/h2-6,11-14,23,25H,7-10,15-22,32H2,1H3,(H,33,40)(H3,34,35,36,37,38,39). The van der Waals surface area contributed by atoms with Crippen LogP contribution in [0.25, 0.3) is 0 Å². The van der Waals surface area contributed by atoms with E-state index in [0.717, 1.165) is 23.7 Å². The Bertz CT molecular complexity index is 1200. The minimum absolute atomic E-state index is 0.166. The Labute approximate surface area is 248 Å². The molecule has 1 aliphatic rings. The Hall–Kier alpha value is -3.80. The summed E-state index contributed by atoms with van der Waals surface area (Å²) in [6.07, 6.45) is 4.99. The minimum atomic E-state index is -0.166. The van der Waals surface area contributed by atoms with Gasteiger partial charge in [0.05, 0.1) is 26.4 Å². The summed E-state index contributed by atoms with van der Waals surface area (Å²) in [5.74, 6) is 2.71. The van der Waals surface area contributed by atoms with Crippen molar-refractivity contribution in [1.82, 2.24) is 20.3 Å². The lowest BCUT2D eigenvalue weighted by molar-refractivity contribution is 0.0511. The smallest absolute Gasteiger partial charge is 0.251 e. The molecule has 0 aliphatic heterocycles. The Morgan fingerprint density at radius 2 is 1.50 bits per heavy atom. The summed E-state index contributed by atoms with van der Waals surface area (Å²) in [6, 6.07) is 17.3. The third-order valence-corrected chi connectivity index (χ3v) is 7.18. The zero-order chi connectivity index (χ0) is 29.4. The summed E-state index contributed by atoms with van der Waals surface area (Å²) in [6.45, 7) is 6.55. The molecule has 1 aromatic heterocycles. The summed E-state index contributed by atoms with van der Waals surface area (Å²) in [4.78, 5) is 26.4. The first-order valence-electron chi connectivity index (χ1n) is 14.9. The molecule has 1 heterocycles. The number of nitrogens with zero attached hydrogens (tertiary/aromatic N) is 3. The highest BCUT2D eigenvalue weighted by Gasteiger charge is 2.18. The normalized spacial score (nSPS) is 16.5. The number of hydrogen-bond donors (Lipinski definition) is 5. The van der Waals surface area contributed by atoms with Crippen LogP contribution in [0.1, 0.15) is 48.5 Å². The first kappa shape index (κ1) is 31.1. The second-order valence-corrected chi connectivity index (χ2v) is 10.6. The van der Waals surface area contributed by atoms with Gasteiger partial charge < -0.3 is 36.5 Å². The number of anilines is 4. The van der Waals surface area contributed by atoms with Crippen molar-refractivity contribution in [3.05, 3.63) is 65.7 Å². The van der Waals surface area contributed by atoms with Crippen LogP contribution in [0.4, 0.5) is 23.5 Å². The molecule has 0 unspecified atom stereocenters. The van der Waals surface area contributed by atoms with Gasteiger partial charge in [0, 0.05) is 37.4 Å². The number of ether oxygens (including phenoxy) is 2. The number of aromatic nitrogens is 3. The van der Waals surface area contributed by atoms with Gasteiger partial charge in [0.25, 0.3) is 5.91 Å². The van der Waals surface area contributed by atoms with Gasteiger partial charge in [-0.1, -0.05) is 50.1 Å². The molecule has 0 spiro atoms. The number of amides is 1. The van der Waals surface area contributed by atoms with E-state index >= 15 is 0 Å². The third-order valence-electron chi connectivity index (χ3n) is 7.18. The maximum atomic E-state index is 12.5. The molecular weight excluding hydrogens is 532 g/mol. The fourth-order valence-corrected chi connectivity index (χ4v) is 4.71. The van der Waals surface area contributed by atoms with Crippen LogP contribution in [-0.4, -0.2) is 66.9 Å². The van der Waals surface area contributed by atoms with Crippen LogP contribution in [0.5, 0.6) is 0 Å². The van der Waals surface area contributed by atoms with Crippen molar-refractivity contribution >= 4 is 29.4 Å². The molecule has 1 fully saturated rings. The molecular formula is C31H44N8O3. The fourth-order valence-electron chi connectivity index (χ4n) is 4.71. The largest absolute Gasteiger partial charge is 0.378 e. The number of nitrogens with two attached hydrogens (primary N) is 1. The number of carbonyl (C=O) groups excluding carboxylic acids is 1. The van der Waals surface area contributed by atoms with Gasteiger partial charge in [-0.05, 0) is 54.5 Å². The van der Waals surface area contributed by atoms with Crippen molar-refractivity contribution in [2.45, 2.75) is 39.2 Å². The van der Waals surface area contributed by atoms with Crippen LogP contribution in [0.2, 0.25) is 0 Å². The zero-order valence-corrected chi connectivity index (χ0v) is 24.5. The average molecular weight is 577 g/mol. The lowest BCUT2D eigenvalue weighted by atomic mass is 9.83. The molecule has 4 rings (SSSR count). The number of nitrogens with one attached hydrogen (secondary N) is 4. The molecule has 3 aromatic rings. The van der Waals surface area contributed by atoms with E-state index in [1.165, 1.54) is 25.7 Å². The SMILES string of the molecule is CC1CCC(CNc2nc(NCc3ccccc3)nc(Nc3ccc(C(=O)NCCOCCOCCN)cc3)n2)CC1. The van der Waals surface area contributed by atoms with Gasteiger partial charge in [-0.3, -0.25) is 4.79 Å². The van der Waals surface area contributed by atoms with Gasteiger partial charge >= 0.3 is 0 Å². The van der Waals surface area contributed by atoms with Crippen LogP contribution < -0.4 is 27.0 Å². The second-order valence-electron chi connectivity index (χ2n) is 10.6. The number of hydrogen-bond acceptors (Lipinski definition) is 10. The Morgan fingerprint density at radius 1 is 0.833 bits per heavy atom. The number of benzene rings is 2. The maximum absolute atomic E-state index is 12.5. The molecule has 2 aromatic carbocycles. The highest BCUT2D eigenvalue weighted by Crippen LogP contribution is 2.28. The molecule has 1 amide bonds. The third kappa shape index (κ3) is 10.9. The van der Waals surface area contributed by atoms with Crippen molar-refractivity contribution in [3.8, 4) is 0 Å². The van der Waals surface area contributed by atoms with Crippen molar-refractivity contribution in [1.29, 1.82) is 0 Å². The fraction of sp³-hybridized carbons (Fsp3) is 0.484. The van der Waals surface area contributed by atoms with E-state index in [0.29, 0.717) is 75.4 Å². The van der Waals surface area contributed by atoms with E-state index in [9.17, 15) is 4.79 Å². The molecule has 6 N–H and O–H groups in total. The van der Waals surface area contributed by atoms with Crippen LogP contribution >= 0.6 is 0 Å². The number of rotatable bonds is 17. The van der Waals surface area contributed by atoms with Crippen molar-refractivity contribution < 1.29 is 14.3 Å². The van der Waals surface area contributed by atoms with Crippen molar-refractivity contribution in [2.75, 3.05) is 62.0 Å². The topological polar surface area (TPSA) is 148 Å². The summed E-state index contributed by atoms with van der Waals surface area (Å²) in [5.41, 5.74) is 7.83. The number of carbonyl (C=O) groups is 1. The molecule has 42 heavy (non-hydrogen) atoms. The molecule has 1 saturated carbocycles. The van der Waals surface area contributed by atoms with Crippen LogP contribution in [0, 0.1) is 11.8 Å². The molecule has 0 radical (unpaired) electrons. The van der Waals surface area contributed by atoms with Gasteiger partial charge in [0.15, 0.2) is 0 Å². The lowest BCUT2D eigenvalue weighted by Crippen LogP contribution is -2.27. The molecule has 1 aliphatic carbocycles. The highest BCUT2D eigenvalue weighted by atomic mass is 16.5. The molecule has 11 heteroatoms. The quantitative estimate of drug-likeness (QED) is 0.148. The highest BCUT2D eigenvalue weighted by molar-refractivity contribution is 5.94. The summed E-state index contributed by atoms with van der Waals surface area (Å²) in [5, 5.41) is 12.9. The lowest BCUT2D eigenvalue weighted by Gasteiger charge is -2.26. The predicted molar refractivity (Wildman–Crippen MR) is 166 cm³/mol. The average Bonchev–Trinajstić information content (AvgIpc) is 3.02. The van der Waals surface area contributed by atoms with E-state index in [-0.39, 0.29) is 5.91 Å². The molecule has 226 valence electrons. The molecule has 0 bridgehead atoms.